The van der Waals surface area contributed by atoms with Crippen LogP contribution in [0.1, 0.15) is 30.1 Å². The Bertz CT molecular complexity index is 809. The van der Waals surface area contributed by atoms with E-state index in [9.17, 15) is 14.4 Å². The largest absolute Gasteiger partial charge is 0.369 e. The van der Waals surface area contributed by atoms with Gasteiger partial charge in [0.2, 0.25) is 11.8 Å². The Labute approximate surface area is 135 Å². The summed E-state index contributed by atoms with van der Waals surface area (Å²) in [7, 11) is 0. The third-order valence-corrected chi connectivity index (χ3v) is 4.14. The molecule has 0 unspecified atom stereocenters. The van der Waals surface area contributed by atoms with Crippen LogP contribution in [-0.4, -0.2) is 26.6 Å². The molecule has 1 fully saturated rings. The molecule has 8 nitrogen and oxygen atoms in total. The molecule has 9 heteroatoms. The lowest BCUT2D eigenvalue weighted by Crippen LogP contribution is -2.29. The van der Waals surface area contributed by atoms with E-state index in [-0.39, 0.29) is 18.5 Å². The van der Waals surface area contributed by atoms with E-state index < -0.39 is 11.8 Å². The summed E-state index contributed by atoms with van der Waals surface area (Å²) in [5.74, 6) is -0.478. The number of aromatic nitrogens is 3. The molecule has 0 aliphatic heterocycles. The highest BCUT2D eigenvalue weighted by atomic mass is 32.1. The van der Waals surface area contributed by atoms with Crippen LogP contribution < -0.4 is 16.6 Å². The number of thiazole rings is 1. The van der Waals surface area contributed by atoms with Crippen LogP contribution >= 0.6 is 11.3 Å². The third-order valence-electron chi connectivity index (χ3n) is 3.33. The molecule has 1 aliphatic rings. The first kappa shape index (κ1) is 15.3. The topological polar surface area (TPSA) is 120 Å². The average molecular weight is 333 g/mol. The van der Waals surface area contributed by atoms with Crippen molar-refractivity contribution in [2.45, 2.75) is 31.7 Å². The maximum absolute atomic E-state index is 12.0. The Morgan fingerprint density at radius 1 is 1.39 bits per heavy atom. The van der Waals surface area contributed by atoms with Gasteiger partial charge in [0, 0.05) is 17.4 Å². The first-order valence-electron chi connectivity index (χ1n) is 7.12. The predicted molar refractivity (Wildman–Crippen MR) is 84.1 cm³/mol. The normalized spacial score (nSPS) is 13.7. The smallest absolute Gasteiger partial charge is 0.267 e. The van der Waals surface area contributed by atoms with Gasteiger partial charge in [-0.2, -0.15) is 5.10 Å². The minimum atomic E-state index is -0.485. The summed E-state index contributed by atoms with van der Waals surface area (Å²) in [6.45, 7) is -0.176. The molecular formula is C14H15N5O3S. The van der Waals surface area contributed by atoms with Crippen molar-refractivity contribution in [3.05, 3.63) is 39.3 Å². The average Bonchev–Trinajstić information content (AvgIpc) is 3.24. The number of hydrogen-bond acceptors (Lipinski definition) is 6. The predicted octanol–water partition coefficient (Wildman–Crippen LogP) is 0.244. The van der Waals surface area contributed by atoms with Crippen molar-refractivity contribution in [2.24, 2.45) is 5.73 Å². The standard InChI is InChI=1S/C14H15N5O3S/c15-11(20)5-9-7-23-14(16-9)17-12(21)6-19-13(22)4-3-10(18-19)8-1-2-8/h3-4,7-8H,1-2,5-6H2,(H2,15,20)(H,16,17,21). The molecule has 1 saturated carbocycles. The number of amides is 2. The second kappa shape index (κ2) is 6.29. The van der Waals surface area contributed by atoms with E-state index in [0.717, 1.165) is 23.2 Å². The lowest BCUT2D eigenvalue weighted by Gasteiger charge is -2.06. The lowest BCUT2D eigenvalue weighted by molar-refractivity contribution is -0.118. The molecule has 0 saturated heterocycles. The van der Waals surface area contributed by atoms with Gasteiger partial charge in [-0.3, -0.25) is 14.4 Å². The fraction of sp³-hybridized carbons (Fsp3) is 0.357. The van der Waals surface area contributed by atoms with Crippen LogP contribution in [0.2, 0.25) is 0 Å². The summed E-state index contributed by atoms with van der Waals surface area (Å²) in [5, 5.41) is 8.83. The van der Waals surface area contributed by atoms with Crippen molar-refractivity contribution in [1.29, 1.82) is 0 Å². The molecule has 0 bridgehead atoms. The van der Waals surface area contributed by atoms with Crippen LogP contribution in [-0.2, 0) is 22.6 Å². The van der Waals surface area contributed by atoms with Gasteiger partial charge in [-0.15, -0.1) is 11.3 Å². The van der Waals surface area contributed by atoms with Gasteiger partial charge < -0.3 is 11.1 Å². The van der Waals surface area contributed by atoms with Crippen molar-refractivity contribution in [1.82, 2.24) is 14.8 Å². The summed E-state index contributed by atoms with van der Waals surface area (Å²) in [4.78, 5) is 38.7. The Balaban J connectivity index is 1.65. The minimum Gasteiger partial charge on any atom is -0.369 e. The molecule has 2 amide bonds. The number of hydrogen-bond donors (Lipinski definition) is 2. The van der Waals surface area contributed by atoms with Crippen molar-refractivity contribution in [2.75, 3.05) is 5.32 Å². The Morgan fingerprint density at radius 2 is 2.17 bits per heavy atom. The van der Waals surface area contributed by atoms with Gasteiger partial charge in [-0.25, -0.2) is 9.67 Å². The second-order valence-corrected chi connectivity index (χ2v) is 6.22. The summed E-state index contributed by atoms with van der Waals surface area (Å²) in [5.41, 5.74) is 6.11. The van der Waals surface area contributed by atoms with Gasteiger partial charge in [0.15, 0.2) is 5.13 Å². The number of primary amides is 1. The van der Waals surface area contributed by atoms with Crippen molar-refractivity contribution in [3.8, 4) is 0 Å². The molecule has 0 aromatic carbocycles. The van der Waals surface area contributed by atoms with Crippen LogP contribution in [0, 0.1) is 0 Å². The number of carbonyl (C=O) groups excluding carboxylic acids is 2. The quantitative estimate of drug-likeness (QED) is 0.785. The molecule has 0 spiro atoms. The Hall–Kier alpha value is -2.55. The zero-order valence-corrected chi connectivity index (χ0v) is 13.0. The van der Waals surface area contributed by atoms with E-state index in [2.05, 4.69) is 15.4 Å². The van der Waals surface area contributed by atoms with Gasteiger partial charge in [0.1, 0.15) is 6.54 Å². The van der Waals surface area contributed by atoms with Crippen LogP contribution in [0.25, 0.3) is 0 Å². The highest BCUT2D eigenvalue weighted by molar-refractivity contribution is 7.13. The van der Waals surface area contributed by atoms with Crippen LogP contribution in [0.5, 0.6) is 0 Å². The molecule has 2 aromatic rings. The zero-order valence-electron chi connectivity index (χ0n) is 12.2. The van der Waals surface area contributed by atoms with Crippen LogP contribution in [0.3, 0.4) is 0 Å². The number of rotatable bonds is 6. The van der Waals surface area contributed by atoms with E-state index in [1.54, 1.807) is 11.4 Å². The summed E-state index contributed by atoms with van der Waals surface area (Å²) in [6, 6.07) is 3.15. The van der Waals surface area contributed by atoms with Crippen LogP contribution in [0.15, 0.2) is 22.3 Å². The fourth-order valence-electron chi connectivity index (χ4n) is 2.09. The van der Waals surface area contributed by atoms with Gasteiger partial charge in [0.25, 0.3) is 5.56 Å². The van der Waals surface area contributed by atoms with E-state index in [1.807, 2.05) is 0 Å². The van der Waals surface area contributed by atoms with Crippen molar-refractivity contribution >= 4 is 28.3 Å². The minimum absolute atomic E-state index is 0.0246. The molecule has 0 atom stereocenters. The highest BCUT2D eigenvalue weighted by Gasteiger charge is 2.25. The number of anilines is 1. The van der Waals surface area contributed by atoms with E-state index in [4.69, 9.17) is 5.73 Å². The van der Waals surface area contributed by atoms with Gasteiger partial charge in [-0.1, -0.05) is 0 Å². The highest BCUT2D eigenvalue weighted by Crippen LogP contribution is 2.38. The van der Waals surface area contributed by atoms with Crippen molar-refractivity contribution < 1.29 is 9.59 Å². The first-order chi connectivity index (χ1) is 11.0. The van der Waals surface area contributed by atoms with Gasteiger partial charge in [0.05, 0.1) is 17.8 Å². The van der Waals surface area contributed by atoms with E-state index in [0.29, 0.717) is 16.7 Å². The van der Waals surface area contributed by atoms with E-state index in [1.165, 1.54) is 17.4 Å². The van der Waals surface area contributed by atoms with Crippen LogP contribution in [0.4, 0.5) is 5.13 Å². The molecule has 0 radical (unpaired) electrons. The SMILES string of the molecule is NC(=O)Cc1csc(NC(=O)Cn2nc(C3CC3)ccc2=O)n1. The molecule has 23 heavy (non-hydrogen) atoms. The maximum Gasteiger partial charge on any atom is 0.267 e. The number of nitrogens with zero attached hydrogens (tertiary/aromatic N) is 3. The monoisotopic (exact) mass is 333 g/mol. The van der Waals surface area contributed by atoms with Gasteiger partial charge in [-0.05, 0) is 18.9 Å². The molecule has 2 aromatic heterocycles. The summed E-state index contributed by atoms with van der Waals surface area (Å²) < 4.78 is 1.15. The Morgan fingerprint density at radius 3 is 2.87 bits per heavy atom. The number of nitrogens with two attached hydrogens (primary N) is 1. The molecule has 3 rings (SSSR count). The number of carbonyl (C=O) groups is 2. The summed E-state index contributed by atoms with van der Waals surface area (Å²) >= 11 is 1.19. The first-order valence-corrected chi connectivity index (χ1v) is 8.00. The lowest BCUT2D eigenvalue weighted by atomic mass is 10.3. The molecule has 120 valence electrons. The van der Waals surface area contributed by atoms with E-state index >= 15 is 0 Å². The third kappa shape index (κ3) is 4.01. The fourth-order valence-corrected chi connectivity index (χ4v) is 2.82. The second-order valence-electron chi connectivity index (χ2n) is 5.36. The molecule has 1 aliphatic carbocycles. The maximum atomic E-state index is 12.0. The molecular weight excluding hydrogens is 318 g/mol. The zero-order chi connectivity index (χ0) is 16.4. The molecule has 3 N–H and O–H groups in total. The Kier molecular flexibility index (Phi) is 4.20. The molecule has 2 heterocycles. The summed E-state index contributed by atoms with van der Waals surface area (Å²) in [6.07, 6.45) is 2.16. The van der Waals surface area contributed by atoms with Crippen molar-refractivity contribution in [3.63, 3.8) is 0 Å². The van der Waals surface area contributed by atoms with Gasteiger partial charge >= 0.3 is 0 Å². The number of nitrogens with one attached hydrogen (secondary N) is 1.